The summed E-state index contributed by atoms with van der Waals surface area (Å²) < 4.78 is 0. The molecule has 12 heavy (non-hydrogen) atoms. The zero-order valence-corrected chi connectivity index (χ0v) is 6.47. The number of nitrogens with zero attached hydrogens (tertiary/aromatic N) is 2. The Morgan fingerprint density at radius 2 is 2.17 bits per heavy atom. The van der Waals surface area contributed by atoms with E-state index in [1.807, 2.05) is 0 Å². The van der Waals surface area contributed by atoms with E-state index in [1.165, 1.54) is 0 Å². The van der Waals surface area contributed by atoms with Gasteiger partial charge in [0.15, 0.2) is 0 Å². The molecule has 1 heterocycles. The highest BCUT2D eigenvalue weighted by Crippen LogP contribution is 2.45. The van der Waals surface area contributed by atoms with E-state index >= 15 is 0 Å². The zero-order chi connectivity index (χ0) is 8.55. The van der Waals surface area contributed by atoms with Crippen molar-refractivity contribution in [2.45, 2.75) is 12.3 Å². The molecule has 0 aromatic carbocycles. The van der Waals surface area contributed by atoms with Gasteiger partial charge >= 0.3 is 0 Å². The topological polar surface area (TPSA) is 68.9 Å². The fourth-order valence-corrected chi connectivity index (χ4v) is 1.30. The predicted octanol–water partition coefficient (Wildman–Crippen LogP) is 0.0654. The Kier molecular flexibility index (Phi) is 1.53. The summed E-state index contributed by atoms with van der Waals surface area (Å²) in [5.74, 6) is 0.629. The molecule has 2 rings (SSSR count). The molecule has 0 saturated heterocycles. The van der Waals surface area contributed by atoms with Crippen LogP contribution in [-0.2, 0) is 4.79 Å². The Balaban J connectivity index is 2.11. The van der Waals surface area contributed by atoms with E-state index in [2.05, 4.69) is 9.97 Å². The molecule has 1 aromatic heterocycles. The van der Waals surface area contributed by atoms with Crippen LogP contribution in [-0.4, -0.2) is 15.9 Å². The van der Waals surface area contributed by atoms with Gasteiger partial charge in [-0.05, 0) is 12.5 Å². The molecule has 2 N–H and O–H groups in total. The lowest BCUT2D eigenvalue weighted by molar-refractivity contribution is -0.119. The number of amides is 1. The molecule has 1 amide bonds. The molecule has 0 radical (unpaired) electrons. The van der Waals surface area contributed by atoms with Gasteiger partial charge in [0.05, 0.1) is 0 Å². The first-order valence-electron chi connectivity index (χ1n) is 3.85. The van der Waals surface area contributed by atoms with Crippen molar-refractivity contribution < 1.29 is 4.79 Å². The maximum atomic E-state index is 10.7. The molecule has 0 bridgehead atoms. The van der Waals surface area contributed by atoms with Crippen LogP contribution in [0.15, 0.2) is 18.5 Å². The second kappa shape index (κ2) is 2.55. The van der Waals surface area contributed by atoms with E-state index in [0.717, 1.165) is 12.2 Å². The number of primary amides is 1. The molecule has 1 aliphatic carbocycles. The summed E-state index contributed by atoms with van der Waals surface area (Å²) in [7, 11) is 0. The summed E-state index contributed by atoms with van der Waals surface area (Å²) in [5, 5.41) is 0. The molecule has 62 valence electrons. The molecule has 1 fully saturated rings. The molecule has 2 unspecified atom stereocenters. The quantitative estimate of drug-likeness (QED) is 0.670. The van der Waals surface area contributed by atoms with Crippen LogP contribution >= 0.6 is 0 Å². The van der Waals surface area contributed by atoms with Gasteiger partial charge in [-0.3, -0.25) is 4.79 Å². The third kappa shape index (κ3) is 1.15. The van der Waals surface area contributed by atoms with Gasteiger partial charge in [-0.2, -0.15) is 0 Å². The maximum absolute atomic E-state index is 10.7. The van der Waals surface area contributed by atoms with Crippen molar-refractivity contribution in [3.63, 3.8) is 0 Å². The van der Waals surface area contributed by atoms with Crippen LogP contribution in [0.3, 0.4) is 0 Å². The second-order valence-corrected chi connectivity index (χ2v) is 2.96. The highest BCUT2D eigenvalue weighted by molar-refractivity contribution is 5.80. The molecule has 4 nitrogen and oxygen atoms in total. The van der Waals surface area contributed by atoms with Gasteiger partial charge in [0.25, 0.3) is 0 Å². The number of hydrogen-bond donors (Lipinski definition) is 1. The molecule has 4 heteroatoms. The van der Waals surface area contributed by atoms with E-state index in [4.69, 9.17) is 5.73 Å². The van der Waals surface area contributed by atoms with Crippen molar-refractivity contribution in [3.8, 4) is 0 Å². The lowest BCUT2D eigenvalue weighted by Crippen LogP contribution is -2.14. The van der Waals surface area contributed by atoms with Gasteiger partial charge in [-0.1, -0.05) is 0 Å². The summed E-state index contributed by atoms with van der Waals surface area (Å²) in [5.41, 5.74) is 5.13. The van der Waals surface area contributed by atoms with Gasteiger partial charge in [-0.25, -0.2) is 9.97 Å². The maximum Gasteiger partial charge on any atom is 0.221 e. The van der Waals surface area contributed by atoms with E-state index in [1.54, 1.807) is 18.5 Å². The number of aromatic nitrogens is 2. The SMILES string of the molecule is NC(=O)C1CC1c1ncccn1. The minimum absolute atomic E-state index is 0.0348. The standard InChI is InChI=1S/C8H9N3O/c9-7(12)5-4-6(5)8-10-2-1-3-11-8/h1-3,5-6H,4H2,(H2,9,12). The third-order valence-electron chi connectivity index (χ3n) is 2.07. The molecular weight excluding hydrogens is 154 g/mol. The van der Waals surface area contributed by atoms with E-state index in [0.29, 0.717) is 0 Å². The van der Waals surface area contributed by atoms with Gasteiger partial charge < -0.3 is 5.73 Å². The van der Waals surface area contributed by atoms with Crippen molar-refractivity contribution >= 4 is 5.91 Å². The van der Waals surface area contributed by atoms with Gasteiger partial charge in [-0.15, -0.1) is 0 Å². The van der Waals surface area contributed by atoms with Crippen molar-refractivity contribution in [1.29, 1.82) is 0 Å². The number of rotatable bonds is 2. The monoisotopic (exact) mass is 163 g/mol. The minimum Gasteiger partial charge on any atom is -0.369 e. The summed E-state index contributed by atoms with van der Waals surface area (Å²) in [6.07, 6.45) is 4.16. The van der Waals surface area contributed by atoms with Gasteiger partial charge in [0.1, 0.15) is 5.82 Å². The summed E-state index contributed by atoms with van der Waals surface area (Å²) in [6.45, 7) is 0. The van der Waals surface area contributed by atoms with Crippen molar-refractivity contribution in [2.75, 3.05) is 0 Å². The van der Waals surface area contributed by atoms with Crippen LogP contribution in [0.25, 0.3) is 0 Å². The predicted molar refractivity (Wildman–Crippen MR) is 42.1 cm³/mol. The first-order chi connectivity index (χ1) is 5.79. The number of hydrogen-bond acceptors (Lipinski definition) is 3. The minimum atomic E-state index is -0.243. The Morgan fingerprint density at radius 1 is 1.50 bits per heavy atom. The molecule has 0 spiro atoms. The molecule has 1 aromatic rings. The first kappa shape index (κ1) is 7.21. The molecule has 1 aliphatic rings. The Morgan fingerprint density at radius 3 is 2.67 bits per heavy atom. The third-order valence-corrected chi connectivity index (χ3v) is 2.07. The number of carbonyl (C=O) groups is 1. The van der Waals surface area contributed by atoms with Crippen molar-refractivity contribution in [3.05, 3.63) is 24.3 Å². The molecule has 0 aliphatic heterocycles. The Bertz CT molecular complexity index is 298. The lowest BCUT2D eigenvalue weighted by atomic mass is 10.3. The highest BCUT2D eigenvalue weighted by Gasteiger charge is 2.44. The van der Waals surface area contributed by atoms with Crippen LogP contribution in [0.5, 0.6) is 0 Å². The fourth-order valence-electron chi connectivity index (χ4n) is 1.30. The average molecular weight is 163 g/mol. The summed E-state index contributed by atoms with van der Waals surface area (Å²) >= 11 is 0. The van der Waals surface area contributed by atoms with Crippen LogP contribution in [0.1, 0.15) is 18.2 Å². The Labute approximate surface area is 69.8 Å². The molecule has 2 atom stereocenters. The molecule has 1 saturated carbocycles. The van der Waals surface area contributed by atoms with Crippen LogP contribution in [0, 0.1) is 5.92 Å². The number of carbonyl (C=O) groups excluding carboxylic acids is 1. The van der Waals surface area contributed by atoms with Crippen LogP contribution in [0.2, 0.25) is 0 Å². The molecular formula is C8H9N3O. The van der Waals surface area contributed by atoms with Crippen LogP contribution in [0.4, 0.5) is 0 Å². The van der Waals surface area contributed by atoms with Gasteiger partial charge in [0.2, 0.25) is 5.91 Å². The Hall–Kier alpha value is -1.45. The lowest BCUT2D eigenvalue weighted by Gasteiger charge is -1.93. The smallest absolute Gasteiger partial charge is 0.221 e. The number of nitrogens with two attached hydrogens (primary N) is 1. The van der Waals surface area contributed by atoms with Crippen molar-refractivity contribution in [1.82, 2.24) is 9.97 Å². The summed E-state index contributed by atoms with van der Waals surface area (Å²) in [4.78, 5) is 18.8. The summed E-state index contributed by atoms with van der Waals surface area (Å²) in [6, 6.07) is 1.76. The largest absolute Gasteiger partial charge is 0.369 e. The van der Waals surface area contributed by atoms with E-state index < -0.39 is 0 Å². The van der Waals surface area contributed by atoms with E-state index in [-0.39, 0.29) is 17.7 Å². The first-order valence-corrected chi connectivity index (χ1v) is 3.85. The second-order valence-electron chi connectivity index (χ2n) is 2.96. The average Bonchev–Trinajstić information content (AvgIpc) is 2.84. The highest BCUT2D eigenvalue weighted by atomic mass is 16.1. The van der Waals surface area contributed by atoms with E-state index in [9.17, 15) is 4.79 Å². The van der Waals surface area contributed by atoms with Gasteiger partial charge in [0, 0.05) is 24.2 Å². The fraction of sp³-hybridized carbons (Fsp3) is 0.375. The van der Waals surface area contributed by atoms with Crippen LogP contribution < -0.4 is 5.73 Å². The van der Waals surface area contributed by atoms with Crippen molar-refractivity contribution in [2.24, 2.45) is 11.7 Å². The normalized spacial score (nSPS) is 26.7. The zero-order valence-electron chi connectivity index (χ0n) is 6.47.